The van der Waals surface area contributed by atoms with Crippen molar-refractivity contribution in [2.45, 2.75) is 115 Å². The van der Waals surface area contributed by atoms with Crippen LogP contribution in [-0.2, 0) is 22.5 Å². The van der Waals surface area contributed by atoms with Crippen molar-refractivity contribution in [3.05, 3.63) is 0 Å². The highest BCUT2D eigenvalue weighted by Gasteiger charge is 2.61. The molecule has 28 heavy (non-hydrogen) atoms. The number of fused-ring (bicyclic) bond motifs is 1. The quantitative estimate of drug-likeness (QED) is 0.638. The van der Waals surface area contributed by atoms with Crippen LogP contribution < -0.4 is 0 Å². The number of hydrogen-bond donors (Lipinski definition) is 1. The van der Waals surface area contributed by atoms with Crippen LogP contribution in [0.3, 0.4) is 0 Å². The Morgan fingerprint density at radius 1 is 0.964 bits per heavy atom. The largest absolute Gasteiger partial charge is 0.414 e. The highest BCUT2D eigenvalue weighted by Crippen LogP contribution is 2.47. The number of ketones is 1. The van der Waals surface area contributed by atoms with Gasteiger partial charge in [-0.3, -0.25) is 4.79 Å². The molecule has 0 aromatic heterocycles. The first kappa shape index (κ1) is 24.2. The Kier molecular flexibility index (Phi) is 7.73. The van der Waals surface area contributed by atoms with Crippen molar-refractivity contribution in [1.82, 2.24) is 0 Å². The molecule has 4 atom stereocenters. The van der Waals surface area contributed by atoms with Crippen LogP contribution in [0.2, 0.25) is 22.2 Å². The van der Waals surface area contributed by atoms with Crippen LogP contribution in [-0.4, -0.2) is 59.0 Å². The molecule has 2 rings (SSSR count). The molecule has 0 aromatic carbocycles. The minimum absolute atomic E-state index is 0.000185. The lowest BCUT2D eigenvalue weighted by molar-refractivity contribution is -0.121. The second-order valence-electron chi connectivity index (χ2n) is 9.67. The SMILES string of the molecule is CC(=O)C[C@H]1O[C@@H]2CO[Si](C(C)C)(C(C)C)O[Si](C(C)C)(C(C)C)O[C@H]2[C@@H]1O. The number of aliphatic hydroxyl groups is 1. The van der Waals surface area contributed by atoms with Crippen molar-refractivity contribution in [3.8, 4) is 0 Å². The molecule has 0 aromatic rings. The van der Waals surface area contributed by atoms with Gasteiger partial charge in [0, 0.05) is 6.42 Å². The Morgan fingerprint density at radius 2 is 1.46 bits per heavy atom. The summed E-state index contributed by atoms with van der Waals surface area (Å²) in [5, 5.41) is 10.9. The first-order valence-corrected chi connectivity index (χ1v) is 14.7. The maximum absolute atomic E-state index is 11.6. The molecule has 0 aliphatic carbocycles. The van der Waals surface area contributed by atoms with E-state index in [0.717, 1.165) is 0 Å². The first-order chi connectivity index (χ1) is 12.9. The van der Waals surface area contributed by atoms with Crippen molar-refractivity contribution < 1.29 is 27.6 Å². The summed E-state index contributed by atoms with van der Waals surface area (Å²) in [4.78, 5) is 11.6. The Labute approximate surface area is 172 Å². The standard InChI is InChI=1S/C20H40O6Si2/c1-12(2)27(13(3)4)23-11-18-20(19(22)17(24-18)10-16(9)21)25-28(26-27,14(5)6)15(7)8/h12-15,17-20,22H,10-11H2,1-9H3/t17-,18-,19-,20-/m1/s1. The van der Waals surface area contributed by atoms with Gasteiger partial charge >= 0.3 is 17.1 Å². The van der Waals surface area contributed by atoms with Gasteiger partial charge in [-0.2, -0.15) is 0 Å². The molecule has 0 bridgehead atoms. The highest BCUT2D eigenvalue weighted by atomic mass is 28.5. The topological polar surface area (TPSA) is 74.2 Å². The Hall–Kier alpha value is -0.0962. The lowest BCUT2D eigenvalue weighted by Crippen LogP contribution is -2.65. The van der Waals surface area contributed by atoms with Gasteiger partial charge in [0.15, 0.2) is 0 Å². The zero-order valence-corrected chi connectivity index (χ0v) is 21.0. The first-order valence-electron chi connectivity index (χ1n) is 10.7. The summed E-state index contributed by atoms with van der Waals surface area (Å²) >= 11 is 0. The van der Waals surface area contributed by atoms with Gasteiger partial charge in [-0.15, -0.1) is 0 Å². The van der Waals surface area contributed by atoms with Crippen LogP contribution >= 0.6 is 0 Å². The summed E-state index contributed by atoms with van der Waals surface area (Å²) in [5.41, 5.74) is 0.907. The molecule has 0 spiro atoms. The van der Waals surface area contributed by atoms with Crippen molar-refractivity contribution in [2.75, 3.05) is 6.61 Å². The molecule has 8 heteroatoms. The van der Waals surface area contributed by atoms with Crippen LogP contribution in [0, 0.1) is 0 Å². The molecule has 2 fully saturated rings. The molecule has 6 nitrogen and oxygen atoms in total. The number of rotatable bonds is 6. The van der Waals surface area contributed by atoms with Crippen LogP contribution in [0.15, 0.2) is 0 Å². The van der Waals surface area contributed by atoms with Crippen LogP contribution in [0.4, 0.5) is 0 Å². The fourth-order valence-electron chi connectivity index (χ4n) is 4.68. The average Bonchev–Trinajstić information content (AvgIpc) is 2.81. The number of carbonyl (C=O) groups excluding carboxylic acids is 1. The smallest absolute Gasteiger partial charge is 0.335 e. The maximum atomic E-state index is 11.6. The Morgan fingerprint density at radius 3 is 1.89 bits per heavy atom. The molecule has 0 saturated carbocycles. The summed E-state index contributed by atoms with van der Waals surface area (Å²) in [7, 11) is -5.38. The van der Waals surface area contributed by atoms with E-state index in [-0.39, 0.29) is 40.5 Å². The van der Waals surface area contributed by atoms with E-state index in [9.17, 15) is 9.90 Å². The predicted octanol–water partition coefficient (Wildman–Crippen LogP) is 4.05. The zero-order chi connectivity index (χ0) is 21.4. The van der Waals surface area contributed by atoms with E-state index >= 15 is 0 Å². The van der Waals surface area contributed by atoms with E-state index in [2.05, 4.69) is 55.4 Å². The van der Waals surface area contributed by atoms with Gasteiger partial charge in [0.25, 0.3) is 0 Å². The van der Waals surface area contributed by atoms with Crippen LogP contribution in [0.1, 0.15) is 68.7 Å². The summed E-state index contributed by atoms with van der Waals surface area (Å²) in [6.45, 7) is 19.2. The average molecular weight is 433 g/mol. The third-order valence-corrected chi connectivity index (χ3v) is 16.5. The van der Waals surface area contributed by atoms with Gasteiger partial charge < -0.3 is 22.8 Å². The molecule has 1 N–H and O–H groups in total. The molecular formula is C20H40O6Si2. The third kappa shape index (κ3) is 4.33. The second kappa shape index (κ2) is 8.95. The molecule has 0 radical (unpaired) electrons. The number of Topliss-reactive ketones (excluding diaryl/α,β-unsaturated/α-hetero) is 1. The van der Waals surface area contributed by atoms with Gasteiger partial charge in [-0.05, 0) is 29.1 Å². The predicted molar refractivity (Wildman–Crippen MR) is 114 cm³/mol. The van der Waals surface area contributed by atoms with Gasteiger partial charge in [0.1, 0.15) is 24.1 Å². The summed E-state index contributed by atoms with van der Waals surface area (Å²) in [5.74, 6) is -0.000185. The minimum atomic E-state index is -2.77. The van der Waals surface area contributed by atoms with Crippen LogP contribution in [0.5, 0.6) is 0 Å². The third-order valence-electron chi connectivity index (χ3n) is 6.25. The van der Waals surface area contributed by atoms with Gasteiger partial charge in [-0.25, -0.2) is 0 Å². The lowest BCUT2D eigenvalue weighted by Gasteiger charge is -2.51. The molecule has 2 heterocycles. The molecule has 0 amide bonds. The fraction of sp³-hybridized carbons (Fsp3) is 0.950. The van der Waals surface area contributed by atoms with E-state index in [1.807, 2.05) is 0 Å². The van der Waals surface area contributed by atoms with E-state index in [0.29, 0.717) is 6.61 Å². The fourth-order valence-corrected chi connectivity index (χ4v) is 15.9. The van der Waals surface area contributed by atoms with E-state index in [1.54, 1.807) is 0 Å². The van der Waals surface area contributed by atoms with Crippen molar-refractivity contribution in [3.63, 3.8) is 0 Å². The van der Waals surface area contributed by atoms with E-state index in [1.165, 1.54) is 6.92 Å². The Balaban J connectivity index is 2.50. The second-order valence-corrected chi connectivity index (χ2v) is 18.5. The number of ether oxygens (including phenoxy) is 1. The zero-order valence-electron chi connectivity index (χ0n) is 19.0. The van der Waals surface area contributed by atoms with Gasteiger partial charge in [0.05, 0.1) is 12.7 Å². The maximum Gasteiger partial charge on any atom is 0.335 e. The van der Waals surface area contributed by atoms with Crippen molar-refractivity contribution in [1.29, 1.82) is 0 Å². The molecule has 2 aliphatic heterocycles. The van der Waals surface area contributed by atoms with Crippen molar-refractivity contribution >= 4 is 22.9 Å². The van der Waals surface area contributed by atoms with Gasteiger partial charge in [0.2, 0.25) is 0 Å². The normalized spacial score (nSPS) is 32.6. The summed E-state index contributed by atoms with van der Waals surface area (Å²) in [6, 6.07) is 0. The van der Waals surface area contributed by atoms with E-state index in [4.69, 9.17) is 17.7 Å². The molecular weight excluding hydrogens is 392 g/mol. The minimum Gasteiger partial charge on any atom is -0.414 e. The van der Waals surface area contributed by atoms with Gasteiger partial charge in [-0.1, -0.05) is 55.4 Å². The number of hydrogen-bond acceptors (Lipinski definition) is 6. The number of carbonyl (C=O) groups is 1. The molecule has 2 saturated heterocycles. The molecule has 164 valence electrons. The highest BCUT2D eigenvalue weighted by molar-refractivity contribution is 6.83. The van der Waals surface area contributed by atoms with Crippen molar-refractivity contribution in [2.24, 2.45) is 0 Å². The molecule has 0 unspecified atom stereocenters. The number of aliphatic hydroxyl groups excluding tert-OH is 1. The summed E-state index contributed by atoms with van der Waals surface area (Å²) < 4.78 is 26.6. The van der Waals surface area contributed by atoms with E-state index < -0.39 is 35.4 Å². The van der Waals surface area contributed by atoms with Crippen LogP contribution in [0.25, 0.3) is 0 Å². The molecule has 2 aliphatic rings. The monoisotopic (exact) mass is 432 g/mol. The summed E-state index contributed by atoms with van der Waals surface area (Å²) in [6.07, 6.45) is -2.11. The lowest BCUT2D eigenvalue weighted by atomic mass is 10.0. The Bertz CT molecular complexity index is 535.